The number of Topliss-reactive ketones (excluding diaryl/α,β-unsaturated/α-hetero) is 1. The Hall–Kier alpha value is -0.970. The Kier molecular flexibility index (Phi) is 6.36. The van der Waals surface area contributed by atoms with Gasteiger partial charge in [0.1, 0.15) is 0 Å². The highest BCUT2D eigenvalue weighted by atomic mass is 79.9. The van der Waals surface area contributed by atoms with Crippen LogP contribution in [-0.4, -0.2) is 30.1 Å². The summed E-state index contributed by atoms with van der Waals surface area (Å²) in [7, 11) is 4.03. The van der Waals surface area contributed by atoms with Gasteiger partial charge < -0.3 is 4.90 Å². The first kappa shape index (κ1) is 17.4. The number of ketones is 1. The van der Waals surface area contributed by atoms with Gasteiger partial charge in [-0.25, -0.2) is 0 Å². The molecule has 0 saturated carbocycles. The van der Waals surface area contributed by atoms with Crippen LogP contribution in [0, 0.1) is 5.92 Å². The van der Waals surface area contributed by atoms with Crippen LogP contribution in [0.1, 0.15) is 22.0 Å². The molecule has 0 aromatic heterocycles. The van der Waals surface area contributed by atoms with Crippen LogP contribution < -0.4 is 0 Å². The van der Waals surface area contributed by atoms with Crippen molar-refractivity contribution < 1.29 is 4.79 Å². The van der Waals surface area contributed by atoms with Gasteiger partial charge in [-0.2, -0.15) is 0 Å². The fourth-order valence-electron chi connectivity index (χ4n) is 2.67. The van der Waals surface area contributed by atoms with Gasteiger partial charge in [-0.3, -0.25) is 4.79 Å². The monoisotopic (exact) mass is 423 g/mol. The Balaban J connectivity index is 2.35. The maximum absolute atomic E-state index is 12.9. The molecule has 0 spiro atoms. The van der Waals surface area contributed by atoms with Crippen molar-refractivity contribution in [2.45, 2.75) is 6.04 Å². The molecule has 0 amide bonds. The van der Waals surface area contributed by atoms with Crippen LogP contribution in [0.5, 0.6) is 0 Å². The second-order valence-corrected chi connectivity index (χ2v) is 7.01. The highest BCUT2D eigenvalue weighted by molar-refractivity contribution is 9.10. The van der Waals surface area contributed by atoms with Crippen molar-refractivity contribution in [2.24, 2.45) is 5.92 Å². The Morgan fingerprint density at radius 1 is 1.05 bits per heavy atom. The molecule has 0 N–H and O–H groups in total. The highest BCUT2D eigenvalue weighted by Gasteiger charge is 2.30. The van der Waals surface area contributed by atoms with E-state index in [-0.39, 0.29) is 17.7 Å². The number of benzene rings is 2. The third-order valence-electron chi connectivity index (χ3n) is 3.71. The molecule has 0 fully saturated rings. The van der Waals surface area contributed by atoms with E-state index in [2.05, 4.69) is 48.9 Å². The van der Waals surface area contributed by atoms with E-state index in [0.717, 1.165) is 15.6 Å². The third-order valence-corrected chi connectivity index (χ3v) is 4.94. The predicted octanol–water partition coefficient (Wildman–Crippen LogP) is 4.95. The summed E-state index contributed by atoms with van der Waals surface area (Å²) in [6, 6.07) is 17.8. The lowest BCUT2D eigenvalue weighted by molar-refractivity contribution is 0.0857. The fourth-order valence-corrected chi connectivity index (χ4v) is 3.58. The average Bonchev–Trinajstić information content (AvgIpc) is 2.53. The second-order valence-electron chi connectivity index (χ2n) is 5.45. The highest BCUT2D eigenvalue weighted by Crippen LogP contribution is 2.31. The first-order chi connectivity index (χ1) is 10.5. The van der Waals surface area contributed by atoms with Crippen LogP contribution in [0.3, 0.4) is 0 Å². The van der Waals surface area contributed by atoms with Crippen LogP contribution in [0.15, 0.2) is 59.1 Å². The van der Waals surface area contributed by atoms with E-state index in [0.29, 0.717) is 5.33 Å². The van der Waals surface area contributed by atoms with Crippen molar-refractivity contribution >= 4 is 37.6 Å². The maximum Gasteiger partial charge on any atom is 0.168 e. The molecule has 2 rings (SSSR count). The van der Waals surface area contributed by atoms with Crippen molar-refractivity contribution in [2.75, 3.05) is 19.4 Å². The number of alkyl halides is 1. The quantitative estimate of drug-likeness (QED) is 0.483. The Morgan fingerprint density at radius 2 is 1.64 bits per heavy atom. The van der Waals surface area contributed by atoms with Gasteiger partial charge in [0, 0.05) is 21.4 Å². The van der Waals surface area contributed by atoms with Crippen LogP contribution >= 0.6 is 31.9 Å². The molecular weight excluding hydrogens is 406 g/mol. The summed E-state index contributed by atoms with van der Waals surface area (Å²) in [4.78, 5) is 15.0. The molecule has 0 aliphatic rings. The summed E-state index contributed by atoms with van der Waals surface area (Å²) in [5.74, 6) is 0.0190. The van der Waals surface area contributed by atoms with E-state index < -0.39 is 0 Å². The van der Waals surface area contributed by atoms with Gasteiger partial charge >= 0.3 is 0 Å². The Morgan fingerprint density at radius 3 is 2.14 bits per heavy atom. The summed E-state index contributed by atoms with van der Waals surface area (Å²) in [6.45, 7) is 0. The van der Waals surface area contributed by atoms with Crippen molar-refractivity contribution in [3.05, 3.63) is 70.2 Å². The van der Waals surface area contributed by atoms with Gasteiger partial charge in [0.2, 0.25) is 0 Å². The largest absolute Gasteiger partial charge is 0.302 e. The summed E-state index contributed by atoms with van der Waals surface area (Å²) in [5, 5.41) is 0.625. The fraction of sp³-hybridized carbons (Fsp3) is 0.278. The number of hydrogen-bond acceptors (Lipinski definition) is 2. The zero-order chi connectivity index (χ0) is 16.1. The molecule has 22 heavy (non-hydrogen) atoms. The SMILES string of the molecule is CN(C)[C@@H](c1ccccc1)[C@@H](CBr)C(=O)c1ccc(Br)cc1. The molecule has 0 aliphatic heterocycles. The number of nitrogens with zero attached hydrogens (tertiary/aromatic N) is 1. The molecule has 0 unspecified atom stereocenters. The van der Waals surface area contributed by atoms with Gasteiger partial charge in [0.15, 0.2) is 5.78 Å². The van der Waals surface area contributed by atoms with Crippen molar-refractivity contribution in [3.8, 4) is 0 Å². The predicted molar refractivity (Wildman–Crippen MR) is 98.6 cm³/mol. The number of rotatable bonds is 6. The van der Waals surface area contributed by atoms with Crippen LogP contribution in [0.25, 0.3) is 0 Å². The van der Waals surface area contributed by atoms with Crippen LogP contribution in [-0.2, 0) is 0 Å². The Labute approximate surface area is 148 Å². The molecular formula is C18H19Br2NO. The molecule has 0 bridgehead atoms. The molecule has 2 atom stereocenters. The summed E-state index contributed by atoms with van der Waals surface area (Å²) >= 11 is 6.95. The summed E-state index contributed by atoms with van der Waals surface area (Å²) in [5.41, 5.74) is 1.90. The lowest BCUT2D eigenvalue weighted by Gasteiger charge is -2.31. The normalized spacial score (nSPS) is 13.9. The molecule has 0 radical (unpaired) electrons. The zero-order valence-electron chi connectivity index (χ0n) is 12.7. The molecule has 2 nitrogen and oxygen atoms in total. The van der Waals surface area contributed by atoms with Crippen LogP contribution in [0.2, 0.25) is 0 Å². The molecule has 116 valence electrons. The van der Waals surface area contributed by atoms with Gasteiger partial charge in [-0.05, 0) is 31.8 Å². The number of hydrogen-bond donors (Lipinski definition) is 0. The minimum absolute atomic E-state index is 0.0386. The molecule has 2 aromatic rings. The van der Waals surface area contributed by atoms with Crippen molar-refractivity contribution in [1.29, 1.82) is 0 Å². The first-order valence-electron chi connectivity index (χ1n) is 7.11. The van der Waals surface area contributed by atoms with Gasteiger partial charge in [-0.1, -0.05) is 74.3 Å². The second kappa shape index (κ2) is 8.04. The number of carbonyl (C=O) groups excluding carboxylic acids is 1. The lowest BCUT2D eigenvalue weighted by Crippen LogP contribution is -2.33. The van der Waals surface area contributed by atoms with E-state index in [4.69, 9.17) is 0 Å². The van der Waals surface area contributed by atoms with E-state index in [1.54, 1.807) is 0 Å². The smallest absolute Gasteiger partial charge is 0.168 e. The average molecular weight is 425 g/mol. The van der Waals surface area contributed by atoms with E-state index in [1.165, 1.54) is 0 Å². The van der Waals surface area contributed by atoms with E-state index in [9.17, 15) is 4.79 Å². The zero-order valence-corrected chi connectivity index (χ0v) is 15.8. The standard InChI is InChI=1S/C18H19Br2NO/c1-21(2)17(13-6-4-3-5-7-13)16(12-19)18(22)14-8-10-15(20)11-9-14/h3-11,16-17H,12H2,1-2H3/t16-,17+/m1/s1. The van der Waals surface area contributed by atoms with Crippen molar-refractivity contribution in [1.82, 2.24) is 4.90 Å². The Bertz CT molecular complexity index is 611. The molecule has 0 saturated heterocycles. The molecule has 0 aliphatic carbocycles. The first-order valence-corrected chi connectivity index (χ1v) is 9.03. The maximum atomic E-state index is 12.9. The van der Waals surface area contributed by atoms with Crippen LogP contribution in [0.4, 0.5) is 0 Å². The van der Waals surface area contributed by atoms with E-state index in [1.807, 2.05) is 56.6 Å². The lowest BCUT2D eigenvalue weighted by atomic mass is 9.87. The number of halogens is 2. The molecule has 4 heteroatoms. The minimum Gasteiger partial charge on any atom is -0.302 e. The topological polar surface area (TPSA) is 20.3 Å². The molecule has 0 heterocycles. The summed E-state index contributed by atoms with van der Waals surface area (Å²) < 4.78 is 0.978. The summed E-state index contributed by atoms with van der Waals surface area (Å²) in [6.07, 6.45) is 0. The van der Waals surface area contributed by atoms with Gasteiger partial charge in [0.05, 0.1) is 5.92 Å². The van der Waals surface area contributed by atoms with Crippen molar-refractivity contribution in [3.63, 3.8) is 0 Å². The van der Waals surface area contributed by atoms with Gasteiger partial charge in [0.25, 0.3) is 0 Å². The van der Waals surface area contributed by atoms with E-state index >= 15 is 0 Å². The third kappa shape index (κ3) is 4.06. The molecule has 2 aromatic carbocycles. The number of carbonyl (C=O) groups is 1. The minimum atomic E-state index is -0.140. The van der Waals surface area contributed by atoms with Gasteiger partial charge in [-0.15, -0.1) is 0 Å².